The lowest BCUT2D eigenvalue weighted by Gasteiger charge is -2.26. The zero-order chi connectivity index (χ0) is 20.6. The number of para-hydroxylation sites is 1. The van der Waals surface area contributed by atoms with Crippen molar-refractivity contribution in [3.8, 4) is 11.3 Å². The molecule has 2 aromatic carbocycles. The molecule has 0 bridgehead atoms. The molecule has 0 amide bonds. The van der Waals surface area contributed by atoms with Crippen LogP contribution in [-0.4, -0.2) is 34.6 Å². The lowest BCUT2D eigenvalue weighted by molar-refractivity contribution is 0.112. The van der Waals surface area contributed by atoms with Gasteiger partial charge in [0.05, 0.1) is 17.3 Å². The van der Waals surface area contributed by atoms with Crippen LogP contribution < -0.4 is 0 Å². The molecule has 5 heteroatoms. The molecular formula is C25H32Cl2N2O. The molecule has 0 aliphatic heterocycles. The summed E-state index contributed by atoms with van der Waals surface area (Å²) < 4.78 is 0. The molecular weight excluding hydrogens is 415 g/mol. The van der Waals surface area contributed by atoms with E-state index in [0.29, 0.717) is 11.6 Å². The second kappa shape index (κ2) is 12.3. The quantitative estimate of drug-likeness (QED) is 0.367. The van der Waals surface area contributed by atoms with Gasteiger partial charge >= 0.3 is 0 Å². The highest BCUT2D eigenvalue weighted by atomic mass is 35.5. The van der Waals surface area contributed by atoms with E-state index in [-0.39, 0.29) is 12.4 Å². The molecule has 30 heavy (non-hydrogen) atoms. The van der Waals surface area contributed by atoms with Crippen molar-refractivity contribution in [1.29, 1.82) is 0 Å². The van der Waals surface area contributed by atoms with Crippen LogP contribution >= 0.6 is 24.0 Å². The highest BCUT2D eigenvalue weighted by molar-refractivity contribution is 6.30. The fraction of sp³-hybridized carbons (Fsp3) is 0.400. The number of nitrogens with zero attached hydrogens (tertiary/aromatic N) is 2. The molecule has 162 valence electrons. The predicted molar refractivity (Wildman–Crippen MR) is 131 cm³/mol. The summed E-state index contributed by atoms with van der Waals surface area (Å²) in [4.78, 5) is 7.23. The molecule has 0 aliphatic rings. The van der Waals surface area contributed by atoms with Gasteiger partial charge in [0.15, 0.2) is 0 Å². The molecule has 3 rings (SSSR count). The van der Waals surface area contributed by atoms with Crippen molar-refractivity contribution in [3.05, 3.63) is 65.2 Å². The van der Waals surface area contributed by atoms with Crippen LogP contribution in [0.15, 0.2) is 54.6 Å². The summed E-state index contributed by atoms with van der Waals surface area (Å²) in [6, 6.07) is 17.8. The zero-order valence-electron chi connectivity index (χ0n) is 17.9. The van der Waals surface area contributed by atoms with Gasteiger partial charge in [-0.3, -0.25) is 0 Å². The Labute approximate surface area is 191 Å². The molecule has 3 nitrogen and oxygen atoms in total. The maximum atomic E-state index is 11.2. The minimum absolute atomic E-state index is 0. The number of hydrogen-bond donors (Lipinski definition) is 1. The van der Waals surface area contributed by atoms with Crippen molar-refractivity contribution in [2.24, 2.45) is 0 Å². The predicted octanol–water partition coefficient (Wildman–Crippen LogP) is 6.91. The fourth-order valence-electron chi connectivity index (χ4n) is 3.65. The number of aromatic nitrogens is 1. The van der Waals surface area contributed by atoms with E-state index in [4.69, 9.17) is 16.6 Å². The minimum Gasteiger partial charge on any atom is -0.387 e. The summed E-state index contributed by atoms with van der Waals surface area (Å²) in [6.45, 7) is 7.13. The largest absolute Gasteiger partial charge is 0.387 e. The van der Waals surface area contributed by atoms with E-state index in [1.54, 1.807) is 0 Å². The van der Waals surface area contributed by atoms with E-state index in [1.165, 1.54) is 0 Å². The van der Waals surface area contributed by atoms with Crippen LogP contribution in [0.1, 0.15) is 51.2 Å². The van der Waals surface area contributed by atoms with Gasteiger partial charge in [0.1, 0.15) is 0 Å². The first-order valence-corrected chi connectivity index (χ1v) is 11.1. The first-order valence-electron chi connectivity index (χ1n) is 10.7. The van der Waals surface area contributed by atoms with Gasteiger partial charge in [0.25, 0.3) is 0 Å². The SMILES string of the molecule is CCCCN(CCCC)CC(O)c1cc(-c2ccc(Cl)cc2)nc2ccccc12.Cl. The van der Waals surface area contributed by atoms with Crippen molar-refractivity contribution in [2.45, 2.75) is 45.6 Å². The van der Waals surface area contributed by atoms with Crippen LogP contribution in [0.4, 0.5) is 0 Å². The van der Waals surface area contributed by atoms with Crippen molar-refractivity contribution < 1.29 is 5.11 Å². The molecule has 0 aliphatic carbocycles. The summed E-state index contributed by atoms with van der Waals surface area (Å²) in [5, 5.41) is 12.9. The maximum absolute atomic E-state index is 11.2. The number of halogens is 2. The number of aliphatic hydroxyl groups is 1. The van der Waals surface area contributed by atoms with Crippen LogP contribution in [0, 0.1) is 0 Å². The Balaban J connectivity index is 0.00000320. The molecule has 0 saturated carbocycles. The van der Waals surface area contributed by atoms with Gasteiger partial charge in [0.2, 0.25) is 0 Å². The van der Waals surface area contributed by atoms with E-state index in [2.05, 4.69) is 24.8 Å². The van der Waals surface area contributed by atoms with Gasteiger partial charge in [-0.15, -0.1) is 12.4 Å². The summed E-state index contributed by atoms with van der Waals surface area (Å²) in [5.41, 5.74) is 3.71. The Bertz CT molecular complexity index is 907. The zero-order valence-corrected chi connectivity index (χ0v) is 19.4. The lowest BCUT2D eigenvalue weighted by atomic mass is 9.99. The Hall–Kier alpha value is -1.65. The van der Waals surface area contributed by atoms with Crippen molar-refractivity contribution in [3.63, 3.8) is 0 Å². The summed E-state index contributed by atoms with van der Waals surface area (Å²) in [5.74, 6) is 0. The Kier molecular flexibility index (Phi) is 10.1. The second-order valence-corrected chi connectivity index (χ2v) is 8.08. The number of hydrogen-bond acceptors (Lipinski definition) is 3. The summed E-state index contributed by atoms with van der Waals surface area (Å²) in [6.07, 6.45) is 4.09. The smallest absolute Gasteiger partial charge is 0.0924 e. The van der Waals surface area contributed by atoms with Crippen LogP contribution in [0.25, 0.3) is 22.2 Å². The first-order chi connectivity index (χ1) is 14.1. The molecule has 0 saturated heterocycles. The number of aliphatic hydroxyl groups excluding tert-OH is 1. The van der Waals surface area contributed by atoms with Crippen molar-refractivity contribution in [2.75, 3.05) is 19.6 Å². The van der Waals surface area contributed by atoms with E-state index in [9.17, 15) is 5.11 Å². The van der Waals surface area contributed by atoms with E-state index in [1.807, 2.05) is 48.5 Å². The van der Waals surface area contributed by atoms with Gasteiger partial charge in [-0.05, 0) is 55.8 Å². The molecule has 0 spiro atoms. The molecule has 1 atom stereocenters. The van der Waals surface area contributed by atoms with Gasteiger partial charge in [-0.1, -0.05) is 68.6 Å². The van der Waals surface area contributed by atoms with Crippen LogP contribution in [0.5, 0.6) is 0 Å². The average molecular weight is 447 g/mol. The van der Waals surface area contributed by atoms with E-state index < -0.39 is 6.10 Å². The third kappa shape index (κ3) is 6.42. The molecule has 1 heterocycles. The molecule has 1 unspecified atom stereocenters. The number of fused-ring (bicyclic) bond motifs is 1. The molecule has 3 aromatic rings. The Morgan fingerprint density at radius 1 is 0.967 bits per heavy atom. The van der Waals surface area contributed by atoms with Crippen LogP contribution in [0.2, 0.25) is 5.02 Å². The molecule has 0 fully saturated rings. The van der Waals surface area contributed by atoms with Crippen molar-refractivity contribution >= 4 is 34.9 Å². The van der Waals surface area contributed by atoms with E-state index >= 15 is 0 Å². The third-order valence-corrected chi connectivity index (χ3v) is 5.59. The number of unbranched alkanes of at least 4 members (excludes halogenated alkanes) is 2. The second-order valence-electron chi connectivity index (χ2n) is 7.64. The highest BCUT2D eigenvalue weighted by Gasteiger charge is 2.18. The van der Waals surface area contributed by atoms with Gasteiger partial charge in [-0.25, -0.2) is 4.98 Å². The normalized spacial score (nSPS) is 12.2. The highest BCUT2D eigenvalue weighted by Crippen LogP contribution is 2.30. The Morgan fingerprint density at radius 2 is 1.60 bits per heavy atom. The molecule has 0 radical (unpaired) electrons. The fourth-order valence-corrected chi connectivity index (χ4v) is 3.77. The third-order valence-electron chi connectivity index (χ3n) is 5.33. The van der Waals surface area contributed by atoms with Crippen LogP contribution in [0.3, 0.4) is 0 Å². The summed E-state index contributed by atoms with van der Waals surface area (Å²) in [7, 11) is 0. The monoisotopic (exact) mass is 446 g/mol. The first kappa shape index (κ1) is 24.6. The topological polar surface area (TPSA) is 36.4 Å². The number of rotatable bonds is 10. The Morgan fingerprint density at radius 3 is 2.23 bits per heavy atom. The lowest BCUT2D eigenvalue weighted by Crippen LogP contribution is -2.31. The molecule has 1 aromatic heterocycles. The van der Waals surface area contributed by atoms with Gasteiger partial charge in [0, 0.05) is 22.5 Å². The minimum atomic E-state index is -0.553. The van der Waals surface area contributed by atoms with Gasteiger partial charge in [-0.2, -0.15) is 0 Å². The van der Waals surface area contributed by atoms with Gasteiger partial charge < -0.3 is 10.0 Å². The van der Waals surface area contributed by atoms with E-state index in [0.717, 1.165) is 66.5 Å². The number of pyridine rings is 1. The van der Waals surface area contributed by atoms with Crippen molar-refractivity contribution in [1.82, 2.24) is 9.88 Å². The standard InChI is InChI=1S/C25H31ClN2O.ClH/c1-3-5-15-28(16-6-4-2)18-25(29)22-17-24(19-11-13-20(26)14-12-19)27-23-10-8-7-9-21(22)23;/h7-14,17,25,29H,3-6,15-16,18H2,1-2H3;1H. The molecule has 1 N–H and O–H groups in total. The van der Waals surface area contributed by atoms with Crippen LogP contribution in [-0.2, 0) is 0 Å². The maximum Gasteiger partial charge on any atom is 0.0924 e. The summed E-state index contributed by atoms with van der Waals surface area (Å²) >= 11 is 6.05. The number of benzene rings is 2. The average Bonchev–Trinajstić information content (AvgIpc) is 2.75.